The molecule has 0 heterocycles. The minimum Gasteiger partial charge on any atom is -0.743 e. The van der Waals surface area contributed by atoms with E-state index in [1.165, 1.54) is 57.1 Å². The second kappa shape index (κ2) is 39.1. The molecule has 14 rings (SSSR count). The Morgan fingerprint density at radius 2 is 0.824 bits per heavy atom. The fourth-order valence-electron chi connectivity index (χ4n) is 15.9. The van der Waals surface area contributed by atoms with Crippen LogP contribution >= 0.6 is 12.0 Å². The standard InChI is InChI=1S/C19H17O2S2.C18H15S.C17H24F4O5S.C17H26F2O5S.C6H10O7S/c1-23(20,21)19-14-12-18(13-15-19)22(16-8-4-2-5-9-16)17-10-6-3-7-11-17;1-4-10-16(11-5-1)19(17-12-6-2-7-13-17)18-14-8-3-9-15-18;18-16(19,17(20,21)27(23,24)25)3-1-2-4-26-14(22)15-8-11-5-12(9-15)7-13(6-11)10-15;18-17(19,25(21,22)23)4-2-1-3-5-24-15(20)16-9-12-6-13(10-16)8-14(7-12)11-16;1-10-5(7)3-4(6(8)11-2)14-13-12-9/h2-15H,1H3;1-15H;11-13H,1-10H2,(H,23,24,25);12-14H,1-11H2,(H,21,22,23);4,9H,3H2,1-2H3/q2*+1;;;/p-2. The van der Waals surface area contributed by atoms with E-state index in [4.69, 9.17) is 14.0 Å². The minimum atomic E-state index is -6.46. The van der Waals surface area contributed by atoms with E-state index in [0.717, 1.165) is 69.8 Å². The zero-order valence-electron chi connectivity index (χ0n) is 59.9. The van der Waals surface area contributed by atoms with Gasteiger partial charge < -0.3 is 28.8 Å². The summed E-state index contributed by atoms with van der Waals surface area (Å²) < 4.78 is 186. The molecular formula is C77H90F6O19S6. The van der Waals surface area contributed by atoms with Crippen LogP contribution < -0.4 is 5.26 Å². The van der Waals surface area contributed by atoms with Crippen LogP contribution in [0, 0.1) is 46.3 Å². The summed E-state index contributed by atoms with van der Waals surface area (Å²) in [5.41, 5.74) is -0.797. The van der Waals surface area contributed by atoms with Crippen LogP contribution in [-0.2, 0) is 99.4 Å². The molecule has 1 unspecified atom stereocenters. The van der Waals surface area contributed by atoms with Crippen molar-refractivity contribution in [3.63, 3.8) is 0 Å². The summed E-state index contributed by atoms with van der Waals surface area (Å²) >= 11 is 0.388. The Morgan fingerprint density at radius 1 is 0.500 bits per heavy atom. The fourth-order valence-corrected chi connectivity index (χ4v) is 22.1. The normalized spacial score (nSPS) is 22.1. The fraction of sp³-hybridized carbons (Fsp3) is 0.481. The first-order valence-electron chi connectivity index (χ1n) is 35.3. The van der Waals surface area contributed by atoms with Crippen molar-refractivity contribution in [2.75, 3.05) is 33.7 Å². The van der Waals surface area contributed by atoms with E-state index < -0.39 is 88.4 Å². The van der Waals surface area contributed by atoms with Crippen molar-refractivity contribution in [3.05, 3.63) is 176 Å². The van der Waals surface area contributed by atoms with Crippen molar-refractivity contribution >= 4 is 87.8 Å². The molecule has 108 heavy (non-hydrogen) atoms. The van der Waals surface area contributed by atoms with Gasteiger partial charge in [0, 0.05) is 31.1 Å². The number of carbonyl (C=O) groups excluding carboxylic acids is 4. The molecule has 31 heteroatoms. The molecule has 0 aliphatic heterocycles. The second-order valence-corrected chi connectivity index (χ2v) is 38.1. The van der Waals surface area contributed by atoms with Crippen molar-refractivity contribution in [1.82, 2.24) is 0 Å². The molecule has 19 nitrogen and oxygen atoms in total. The highest BCUT2D eigenvalue weighted by atomic mass is 32.2. The average molecular weight is 1630 g/mol. The van der Waals surface area contributed by atoms with E-state index in [1.807, 2.05) is 48.5 Å². The van der Waals surface area contributed by atoms with Crippen molar-refractivity contribution in [2.45, 2.75) is 184 Å². The van der Waals surface area contributed by atoms with E-state index >= 15 is 0 Å². The monoisotopic (exact) mass is 1620 g/mol. The zero-order valence-corrected chi connectivity index (χ0v) is 64.8. The molecule has 1 atom stereocenters. The van der Waals surface area contributed by atoms with E-state index in [-0.39, 0.29) is 71.6 Å². The molecule has 8 aliphatic rings. The lowest BCUT2D eigenvalue weighted by Gasteiger charge is -2.55. The van der Waals surface area contributed by atoms with Gasteiger partial charge in [0.25, 0.3) is 0 Å². The predicted octanol–water partition coefficient (Wildman–Crippen LogP) is 15.4. The lowest BCUT2D eigenvalue weighted by molar-refractivity contribution is -0.777. The number of methoxy groups -OCH3 is 2. The third-order valence-corrected chi connectivity index (χ3v) is 28.3. The lowest BCUT2D eigenvalue weighted by Crippen LogP contribution is -2.50. The number of carbonyl (C=O) groups is 4. The van der Waals surface area contributed by atoms with E-state index in [1.54, 1.807) is 12.1 Å². The first-order valence-corrected chi connectivity index (χ1v) is 43.3. The maximum absolute atomic E-state index is 13.4. The van der Waals surface area contributed by atoms with E-state index in [9.17, 15) is 80.6 Å². The van der Waals surface area contributed by atoms with E-state index in [0.29, 0.717) is 65.3 Å². The first-order chi connectivity index (χ1) is 51.1. The molecule has 8 fully saturated rings. The first kappa shape index (κ1) is 87.1. The van der Waals surface area contributed by atoms with Gasteiger partial charge >= 0.3 is 50.4 Å². The van der Waals surface area contributed by atoms with Crippen LogP contribution in [0.25, 0.3) is 0 Å². The Labute approximate surface area is 637 Å². The van der Waals surface area contributed by atoms with Crippen LogP contribution in [0.5, 0.6) is 0 Å². The summed E-state index contributed by atoms with van der Waals surface area (Å²) in [5.74, 6) is -3.17. The summed E-state index contributed by atoms with van der Waals surface area (Å²) in [6.45, 7) is -0.00953. The zero-order chi connectivity index (χ0) is 78.6. The summed E-state index contributed by atoms with van der Waals surface area (Å²) in [5, 5.41) is 1.77. The van der Waals surface area contributed by atoms with Gasteiger partial charge in [-0.15, -0.1) is 0 Å². The molecule has 0 amide bonds. The highest BCUT2D eigenvalue weighted by molar-refractivity contribution is 7.97. The van der Waals surface area contributed by atoms with Gasteiger partial charge in [0.1, 0.15) is 5.25 Å². The molecule has 0 spiro atoms. The Morgan fingerprint density at radius 3 is 1.12 bits per heavy atom. The number of rotatable bonds is 29. The Balaban J connectivity index is 0.000000173. The molecule has 6 aromatic carbocycles. The second-order valence-electron chi connectivity index (χ2n) is 28.2. The predicted molar refractivity (Wildman–Crippen MR) is 390 cm³/mol. The molecule has 0 saturated heterocycles. The number of hydrogen-bond acceptors (Lipinski definition) is 19. The number of benzene rings is 6. The highest BCUT2D eigenvalue weighted by Crippen LogP contribution is 2.62. The molecule has 8 bridgehead atoms. The van der Waals surface area contributed by atoms with Gasteiger partial charge in [0.05, 0.1) is 71.4 Å². The van der Waals surface area contributed by atoms with Gasteiger partial charge in [-0.05, 0) is 230 Å². The van der Waals surface area contributed by atoms with Crippen LogP contribution in [0.1, 0.15) is 128 Å². The summed E-state index contributed by atoms with van der Waals surface area (Å²) in [4.78, 5) is 54.8. The van der Waals surface area contributed by atoms with Crippen molar-refractivity contribution in [3.8, 4) is 0 Å². The number of hydrogen-bond donors (Lipinski definition) is 1. The lowest BCUT2D eigenvalue weighted by atomic mass is 9.49. The van der Waals surface area contributed by atoms with Gasteiger partial charge in [-0.25, -0.2) is 16.8 Å². The number of ether oxygens (including phenoxy) is 4. The molecule has 6 aromatic rings. The number of esters is 4. The SMILES string of the molecule is COC(=O)CC(SOO[O-])C(=O)OC.CS(=O)(=O)c1ccc([S+](c2ccccc2)c2ccccc2)cc1.O=C(OCCCCC(F)(F)C(F)(F)S(=O)(=O)[O-])C12CC3CC(CC(C3)C1)C2.O=C(OCCCCCC(F)(F)S(=O)(=O)O)C12CC3CC(CC(C3)C1)C2.c1ccc([S+](c2ccccc2)c2ccccc2)cc1. The molecule has 0 radical (unpaired) electrons. The smallest absolute Gasteiger partial charge is 0.396 e. The van der Waals surface area contributed by atoms with Crippen molar-refractivity contribution in [1.29, 1.82) is 0 Å². The topological polar surface area (TPSA) is 292 Å². The Hall–Kier alpha value is -6.52. The van der Waals surface area contributed by atoms with Crippen LogP contribution in [0.2, 0.25) is 0 Å². The average Bonchev–Trinajstić information content (AvgIpc) is 0.745. The highest BCUT2D eigenvalue weighted by Gasteiger charge is 2.61. The van der Waals surface area contributed by atoms with Gasteiger partial charge in [-0.2, -0.15) is 39.1 Å². The van der Waals surface area contributed by atoms with Crippen LogP contribution in [-0.4, -0.2) is 114 Å². The van der Waals surface area contributed by atoms with Crippen molar-refractivity contribution in [2.24, 2.45) is 46.3 Å². The summed E-state index contributed by atoms with van der Waals surface area (Å²) in [7, 11) is -12.9. The summed E-state index contributed by atoms with van der Waals surface area (Å²) in [6, 6.07) is 59.9. The molecule has 590 valence electrons. The quantitative estimate of drug-likeness (QED) is 0.00525. The number of halogens is 6. The largest absolute Gasteiger partial charge is 0.743 e. The van der Waals surface area contributed by atoms with E-state index in [2.05, 4.69) is 134 Å². The molecule has 8 saturated carbocycles. The molecule has 8 aliphatic carbocycles. The van der Waals surface area contributed by atoms with Crippen LogP contribution in [0.15, 0.2) is 210 Å². The number of sulfone groups is 1. The van der Waals surface area contributed by atoms with Gasteiger partial charge in [0.15, 0.2) is 49.3 Å². The Bertz CT molecular complexity index is 4010. The Kier molecular flexibility index (Phi) is 31.5. The maximum atomic E-state index is 13.4. The van der Waals surface area contributed by atoms with Gasteiger partial charge in [-0.3, -0.25) is 28.8 Å². The minimum absolute atomic E-state index is 0.0146. The van der Waals surface area contributed by atoms with Crippen LogP contribution in [0.4, 0.5) is 26.3 Å². The van der Waals surface area contributed by atoms with Crippen molar-refractivity contribution < 1.29 is 113 Å². The third-order valence-electron chi connectivity index (χ3n) is 20.1. The maximum Gasteiger partial charge on any atom is 0.396 e. The van der Waals surface area contributed by atoms with Gasteiger partial charge in [0.2, 0.25) is 0 Å². The third kappa shape index (κ3) is 23.8. The number of unbranched alkanes of at least 4 members (excludes halogenated alkanes) is 3. The van der Waals surface area contributed by atoms with Crippen LogP contribution in [0.3, 0.4) is 0 Å². The molecule has 0 aromatic heterocycles. The van der Waals surface area contributed by atoms with Gasteiger partial charge in [-0.1, -0.05) is 91.0 Å². The molecule has 1 N–H and O–H groups in total. The summed E-state index contributed by atoms with van der Waals surface area (Å²) in [6.07, 6.45) is 11.0. The molecular weight excluding hydrogens is 1540 g/mol. The number of alkyl halides is 6.